The van der Waals surface area contributed by atoms with E-state index < -0.39 is 0 Å². The molecule has 0 aromatic rings. The zero-order valence-corrected chi connectivity index (χ0v) is 9.61. The van der Waals surface area contributed by atoms with E-state index in [-0.39, 0.29) is 6.04 Å². The number of carbonyl (C=O) groups is 1. The van der Waals surface area contributed by atoms with Crippen molar-refractivity contribution in [3.63, 3.8) is 0 Å². The molecule has 0 aromatic carbocycles. The summed E-state index contributed by atoms with van der Waals surface area (Å²) in [5, 5.41) is 0. The molecule has 0 bridgehead atoms. The number of nitrogens with two attached hydrogens (primary N) is 1. The van der Waals surface area contributed by atoms with Gasteiger partial charge in [-0.2, -0.15) is 0 Å². The molecule has 2 N–H and O–H groups in total. The van der Waals surface area contributed by atoms with E-state index in [1.165, 1.54) is 6.42 Å². The largest absolute Gasteiger partial charge is 0.341 e. The van der Waals surface area contributed by atoms with Gasteiger partial charge in [-0.1, -0.05) is 19.8 Å². The van der Waals surface area contributed by atoms with Crippen LogP contribution < -0.4 is 5.73 Å². The van der Waals surface area contributed by atoms with Crippen molar-refractivity contribution in [2.75, 3.05) is 13.1 Å². The monoisotopic (exact) mass is 210 g/mol. The van der Waals surface area contributed by atoms with Crippen molar-refractivity contribution < 1.29 is 4.79 Å². The molecular formula is C12H22N2O. The van der Waals surface area contributed by atoms with Gasteiger partial charge in [0, 0.05) is 25.0 Å². The van der Waals surface area contributed by atoms with E-state index in [4.69, 9.17) is 5.73 Å². The van der Waals surface area contributed by atoms with Crippen LogP contribution in [0.2, 0.25) is 0 Å². The second kappa shape index (κ2) is 4.52. The Balaban J connectivity index is 1.87. The summed E-state index contributed by atoms with van der Waals surface area (Å²) in [6.07, 6.45) is 5.67. The minimum atomic E-state index is 0.202. The summed E-state index contributed by atoms with van der Waals surface area (Å²) in [6.45, 7) is 3.91. The third-order valence-electron chi connectivity index (χ3n) is 4.10. The quantitative estimate of drug-likeness (QED) is 0.748. The number of hydrogen-bond donors (Lipinski definition) is 1. The van der Waals surface area contributed by atoms with Gasteiger partial charge in [-0.15, -0.1) is 0 Å². The molecule has 1 heterocycles. The van der Waals surface area contributed by atoms with Crippen molar-refractivity contribution in [3.05, 3.63) is 0 Å². The molecule has 2 atom stereocenters. The summed E-state index contributed by atoms with van der Waals surface area (Å²) in [5.41, 5.74) is 6.08. The van der Waals surface area contributed by atoms with Crippen molar-refractivity contribution in [2.24, 2.45) is 17.6 Å². The number of rotatable bonds is 2. The highest BCUT2D eigenvalue weighted by molar-refractivity contribution is 5.79. The van der Waals surface area contributed by atoms with Crippen LogP contribution in [-0.2, 0) is 4.79 Å². The highest BCUT2D eigenvalue weighted by Crippen LogP contribution is 2.30. The van der Waals surface area contributed by atoms with Gasteiger partial charge in [0.05, 0.1) is 0 Å². The van der Waals surface area contributed by atoms with E-state index >= 15 is 0 Å². The van der Waals surface area contributed by atoms with E-state index in [1.54, 1.807) is 0 Å². The number of hydrogen-bond acceptors (Lipinski definition) is 2. The van der Waals surface area contributed by atoms with Crippen LogP contribution in [0.15, 0.2) is 0 Å². The minimum absolute atomic E-state index is 0.202. The van der Waals surface area contributed by atoms with E-state index in [9.17, 15) is 4.79 Å². The average Bonchev–Trinajstić information content (AvgIpc) is 2.15. The number of carbonyl (C=O) groups excluding carboxylic acids is 1. The molecule has 3 heteroatoms. The lowest BCUT2D eigenvalue weighted by Gasteiger charge is -2.39. The van der Waals surface area contributed by atoms with Crippen LogP contribution in [0.1, 0.15) is 39.0 Å². The smallest absolute Gasteiger partial charge is 0.225 e. The SMILES string of the molecule is CCC1CCN(C(=O)C2CCC2)CC1N. The first-order chi connectivity index (χ1) is 7.22. The highest BCUT2D eigenvalue weighted by atomic mass is 16.2. The molecule has 0 radical (unpaired) electrons. The van der Waals surface area contributed by atoms with Crippen molar-refractivity contribution >= 4 is 5.91 Å². The van der Waals surface area contributed by atoms with Crippen LogP contribution in [0.25, 0.3) is 0 Å². The fourth-order valence-electron chi connectivity index (χ4n) is 2.65. The summed E-state index contributed by atoms with van der Waals surface area (Å²) >= 11 is 0. The van der Waals surface area contributed by atoms with Gasteiger partial charge in [0.15, 0.2) is 0 Å². The van der Waals surface area contributed by atoms with Crippen molar-refractivity contribution in [1.82, 2.24) is 4.90 Å². The van der Waals surface area contributed by atoms with Crippen LogP contribution in [0, 0.1) is 11.8 Å². The molecule has 3 nitrogen and oxygen atoms in total. The normalized spacial score (nSPS) is 32.5. The van der Waals surface area contributed by atoms with Gasteiger partial charge in [-0.25, -0.2) is 0 Å². The van der Waals surface area contributed by atoms with Gasteiger partial charge < -0.3 is 10.6 Å². The predicted molar refractivity (Wildman–Crippen MR) is 60.3 cm³/mol. The molecule has 1 aliphatic carbocycles. The lowest BCUT2D eigenvalue weighted by Crippen LogP contribution is -2.52. The Morgan fingerprint density at radius 3 is 2.60 bits per heavy atom. The topological polar surface area (TPSA) is 46.3 Å². The Bertz CT molecular complexity index is 238. The molecular weight excluding hydrogens is 188 g/mol. The number of piperidine rings is 1. The summed E-state index contributed by atoms with van der Waals surface area (Å²) in [6, 6.07) is 0.202. The second-order valence-corrected chi connectivity index (χ2v) is 5.03. The Hall–Kier alpha value is -0.570. The molecule has 2 rings (SSSR count). The molecule has 0 spiro atoms. The average molecular weight is 210 g/mol. The zero-order chi connectivity index (χ0) is 10.8. The lowest BCUT2D eigenvalue weighted by molar-refractivity contribution is -0.140. The Kier molecular flexibility index (Phi) is 3.29. The molecule has 86 valence electrons. The van der Waals surface area contributed by atoms with Crippen LogP contribution in [0.3, 0.4) is 0 Å². The molecule has 1 amide bonds. The van der Waals surface area contributed by atoms with Gasteiger partial charge in [-0.05, 0) is 25.2 Å². The van der Waals surface area contributed by atoms with Crippen LogP contribution in [0.4, 0.5) is 0 Å². The zero-order valence-electron chi connectivity index (χ0n) is 9.61. The van der Waals surface area contributed by atoms with E-state index in [1.807, 2.05) is 4.90 Å². The first-order valence-electron chi connectivity index (χ1n) is 6.26. The van der Waals surface area contributed by atoms with Crippen molar-refractivity contribution in [3.8, 4) is 0 Å². The van der Waals surface area contributed by atoms with Gasteiger partial charge in [0.2, 0.25) is 5.91 Å². The second-order valence-electron chi connectivity index (χ2n) is 5.03. The first kappa shape index (κ1) is 10.9. The fourth-order valence-corrected chi connectivity index (χ4v) is 2.65. The molecule has 1 saturated heterocycles. The summed E-state index contributed by atoms with van der Waals surface area (Å²) < 4.78 is 0. The molecule has 2 fully saturated rings. The van der Waals surface area contributed by atoms with Crippen molar-refractivity contribution in [1.29, 1.82) is 0 Å². The molecule has 2 unspecified atom stereocenters. The molecule has 1 saturated carbocycles. The van der Waals surface area contributed by atoms with Crippen LogP contribution in [0.5, 0.6) is 0 Å². The number of amides is 1. The maximum absolute atomic E-state index is 12.0. The standard InChI is InChI=1S/C12H22N2O/c1-2-9-6-7-14(8-11(9)13)12(15)10-4-3-5-10/h9-11H,2-8,13H2,1H3. The van der Waals surface area contributed by atoms with E-state index in [0.717, 1.165) is 38.8 Å². The molecule has 15 heavy (non-hydrogen) atoms. The van der Waals surface area contributed by atoms with Gasteiger partial charge in [0.25, 0.3) is 0 Å². The Morgan fingerprint density at radius 2 is 2.13 bits per heavy atom. The van der Waals surface area contributed by atoms with Crippen LogP contribution >= 0.6 is 0 Å². The first-order valence-corrected chi connectivity index (χ1v) is 6.26. The summed E-state index contributed by atoms with van der Waals surface area (Å²) in [5.74, 6) is 1.32. The maximum atomic E-state index is 12.0. The van der Waals surface area contributed by atoms with E-state index in [2.05, 4.69) is 6.92 Å². The third-order valence-corrected chi connectivity index (χ3v) is 4.10. The third kappa shape index (κ3) is 2.17. The Morgan fingerprint density at radius 1 is 1.40 bits per heavy atom. The maximum Gasteiger partial charge on any atom is 0.225 e. The van der Waals surface area contributed by atoms with Gasteiger partial charge >= 0.3 is 0 Å². The number of likely N-dealkylation sites (tertiary alicyclic amines) is 1. The summed E-state index contributed by atoms with van der Waals surface area (Å²) in [4.78, 5) is 14.0. The Labute approximate surface area is 92.0 Å². The molecule has 1 aliphatic heterocycles. The van der Waals surface area contributed by atoms with Crippen molar-refractivity contribution in [2.45, 2.75) is 45.1 Å². The fraction of sp³-hybridized carbons (Fsp3) is 0.917. The minimum Gasteiger partial charge on any atom is -0.341 e. The highest BCUT2D eigenvalue weighted by Gasteiger charge is 2.33. The van der Waals surface area contributed by atoms with Crippen LogP contribution in [-0.4, -0.2) is 29.9 Å². The molecule has 0 aromatic heterocycles. The van der Waals surface area contributed by atoms with Gasteiger partial charge in [0.1, 0.15) is 0 Å². The van der Waals surface area contributed by atoms with E-state index in [0.29, 0.717) is 17.7 Å². The van der Waals surface area contributed by atoms with Gasteiger partial charge in [-0.3, -0.25) is 4.79 Å². The number of nitrogens with zero attached hydrogens (tertiary/aromatic N) is 1. The molecule has 2 aliphatic rings. The lowest BCUT2D eigenvalue weighted by atomic mass is 9.83. The summed E-state index contributed by atoms with van der Waals surface area (Å²) in [7, 11) is 0. The predicted octanol–water partition coefficient (Wildman–Crippen LogP) is 1.37.